The van der Waals surface area contributed by atoms with E-state index in [-0.39, 0.29) is 29.6 Å². The predicted octanol–water partition coefficient (Wildman–Crippen LogP) is 20.2. The van der Waals surface area contributed by atoms with Crippen LogP contribution in [0.5, 0.6) is 0 Å². The first-order valence-corrected chi connectivity index (χ1v) is 32.2. The molecule has 2 N–H and O–H groups in total. The van der Waals surface area contributed by atoms with Crippen LogP contribution in [0.1, 0.15) is 274 Å². The van der Waals surface area contributed by atoms with E-state index >= 15 is 0 Å². The van der Waals surface area contributed by atoms with Gasteiger partial charge in [0.15, 0.2) is 5.71 Å². The highest BCUT2D eigenvalue weighted by molar-refractivity contribution is 6.21. The van der Waals surface area contributed by atoms with Crippen molar-refractivity contribution in [3.8, 4) is 0 Å². The second kappa shape index (κ2) is 43.6. The molecule has 2 fully saturated rings. The van der Waals surface area contributed by atoms with Crippen molar-refractivity contribution in [1.29, 1.82) is 0 Å². The summed E-state index contributed by atoms with van der Waals surface area (Å²) in [6.45, 7) is 43.6. The van der Waals surface area contributed by atoms with Gasteiger partial charge in [0, 0.05) is 38.1 Å². The Labute approximate surface area is 502 Å². The van der Waals surface area contributed by atoms with Crippen LogP contribution in [0.2, 0.25) is 0 Å². The molecule has 0 bridgehead atoms. The van der Waals surface area contributed by atoms with Crippen LogP contribution in [0, 0.1) is 43.4 Å². The number of pyridine rings is 1. The van der Waals surface area contributed by atoms with E-state index in [1.807, 2.05) is 88.7 Å². The third-order valence-electron chi connectivity index (χ3n) is 16.2. The number of carbonyl (C=O) groups is 3. The van der Waals surface area contributed by atoms with Gasteiger partial charge >= 0.3 is 0 Å². The van der Waals surface area contributed by atoms with Crippen LogP contribution in [-0.4, -0.2) is 62.3 Å². The normalized spacial score (nSPS) is 16.5. The van der Waals surface area contributed by atoms with Gasteiger partial charge in [0.2, 0.25) is 17.8 Å². The molecule has 1 aliphatic carbocycles. The monoisotopic (exact) mass is 1140 g/mol. The molecule has 1 saturated carbocycles. The summed E-state index contributed by atoms with van der Waals surface area (Å²) in [5.41, 5.74) is 12.3. The summed E-state index contributed by atoms with van der Waals surface area (Å²) in [5, 5.41) is 5.37. The molecule has 6 rings (SSSR count). The fourth-order valence-corrected chi connectivity index (χ4v) is 8.92. The molecule has 10 heteroatoms. The number of rotatable bonds is 18. The molecule has 1 saturated heterocycles. The summed E-state index contributed by atoms with van der Waals surface area (Å²) in [5.74, 6) is 2.43. The number of imide groups is 1. The number of imidazole rings is 1. The van der Waals surface area contributed by atoms with E-state index in [1.54, 1.807) is 0 Å². The summed E-state index contributed by atoms with van der Waals surface area (Å²) in [6.07, 6.45) is 28.3. The number of alkyl halides is 1. The van der Waals surface area contributed by atoms with Crippen molar-refractivity contribution in [2.45, 2.75) is 267 Å². The number of halogens is 1. The van der Waals surface area contributed by atoms with Crippen LogP contribution in [0.4, 0.5) is 10.3 Å². The minimum absolute atomic E-state index is 0.170. The van der Waals surface area contributed by atoms with Gasteiger partial charge in [-0.15, -0.1) is 0 Å². The topological polar surface area (TPSA) is 109 Å². The lowest BCUT2D eigenvalue weighted by atomic mass is 9.89. The van der Waals surface area contributed by atoms with Crippen LogP contribution in [0.3, 0.4) is 0 Å². The Balaban J connectivity index is 0.00000107. The Kier molecular flexibility index (Phi) is 41.0. The minimum atomic E-state index is -0.583. The number of amides is 3. The van der Waals surface area contributed by atoms with Gasteiger partial charge in [0.25, 0.3) is 5.91 Å². The summed E-state index contributed by atoms with van der Waals surface area (Å²) >= 11 is 0. The van der Waals surface area contributed by atoms with Crippen molar-refractivity contribution in [3.63, 3.8) is 0 Å². The summed E-state index contributed by atoms with van der Waals surface area (Å²) in [6, 6.07) is 9.78. The Morgan fingerprint density at radius 2 is 1.39 bits per heavy atom. The van der Waals surface area contributed by atoms with E-state index in [1.165, 1.54) is 99.5 Å². The van der Waals surface area contributed by atoms with Crippen molar-refractivity contribution in [1.82, 2.24) is 19.9 Å². The van der Waals surface area contributed by atoms with Crippen molar-refractivity contribution in [2.75, 3.05) is 18.9 Å². The lowest BCUT2D eigenvalue weighted by Crippen LogP contribution is -2.41. The molecule has 9 nitrogen and oxygen atoms in total. The molecular formula is C72H122FN6O3+. The molecule has 0 radical (unpaired) electrons. The largest absolute Gasteiger partial charge is 0.313 e. The number of benzene rings is 1. The SMILES string of the molecule is C/C=C(\C=C/C(C)=C(C)C)C1CCC(=O)NC1=O.C1CCCC1.CC1=C(c2cc(C(=O)Nc3nc4ccc(C)cc4n3C)cc(C)n2)C(C)=[N+](C)CC1.CCC(C)C.CCCC.CCCC(C)C(F)CC(C)CC.CCCCC(C)CC. The Morgan fingerprint density at radius 1 is 0.793 bits per heavy atom. The molecule has 0 spiro atoms. The van der Waals surface area contributed by atoms with Gasteiger partial charge in [-0.2, -0.15) is 0 Å². The fraction of sp³-hybridized carbons (Fsp3) is 0.667. The van der Waals surface area contributed by atoms with Crippen molar-refractivity contribution in [2.24, 2.45) is 36.6 Å². The first-order valence-electron chi connectivity index (χ1n) is 32.2. The fourth-order valence-electron chi connectivity index (χ4n) is 8.92. The zero-order chi connectivity index (χ0) is 62.5. The lowest BCUT2D eigenvalue weighted by Gasteiger charge is -2.21. The molecule has 82 heavy (non-hydrogen) atoms. The number of piperidine rings is 1. The Bertz CT molecular complexity index is 2470. The number of hydrogen-bond donors (Lipinski definition) is 2. The standard InChI is InChI=1S/C24H27N5O.C15H21NO2.C11H23F.C8H18.C5H10.C5H12.C4H10/c1-14-7-8-19-21(11-14)29(6)24(26-19)27-23(30)18-12-16(3)25-20(13-18)22-15(2)9-10-28(5)17(22)4;1-5-12(7-6-11(4)10(2)3)13-8-9-14(17)16-15(13)18;1-5-7-10(4)11(12)8-9(3)6-2;1-4-6-7-8(3)5-2;1-2-4-5-3-1;1-4-5(2)3;1-3-4-2/h7-8,11-13H,9-10H2,1-6H3;5-7,13H,8-9H2,1-4H3,(H,16,17,18);9-11H,5-8H2,1-4H3;8H,4-7H2,1-3H3;1-5H2;5H,4H2,1-3H3;3-4H2,1-2H3/p+1/b;7-6-,12-5+;;;;;. The summed E-state index contributed by atoms with van der Waals surface area (Å²) < 4.78 is 17.6. The van der Waals surface area contributed by atoms with Crippen molar-refractivity contribution < 1.29 is 23.3 Å². The number of aromatic nitrogens is 3. The second-order valence-corrected chi connectivity index (χ2v) is 24.3. The van der Waals surface area contributed by atoms with Gasteiger partial charge in [0.1, 0.15) is 19.8 Å². The van der Waals surface area contributed by atoms with E-state index in [2.05, 4.69) is 137 Å². The quantitative estimate of drug-likeness (QED) is 0.0749. The maximum Gasteiger partial charge on any atom is 0.258 e. The maximum absolute atomic E-state index is 13.4. The lowest BCUT2D eigenvalue weighted by molar-refractivity contribution is -0.497. The highest BCUT2D eigenvalue weighted by Crippen LogP contribution is 2.28. The molecule has 3 amide bonds. The van der Waals surface area contributed by atoms with E-state index < -0.39 is 6.17 Å². The van der Waals surface area contributed by atoms with Gasteiger partial charge < -0.3 is 4.57 Å². The van der Waals surface area contributed by atoms with Crippen LogP contribution in [-0.2, 0) is 16.6 Å². The van der Waals surface area contributed by atoms with Crippen LogP contribution in [0.25, 0.3) is 16.6 Å². The number of allylic oxidation sites excluding steroid dienone is 6. The molecule has 5 unspecified atom stereocenters. The van der Waals surface area contributed by atoms with Gasteiger partial charge in [-0.1, -0.05) is 214 Å². The average molecular weight is 1140 g/mol. The van der Waals surface area contributed by atoms with Gasteiger partial charge in [-0.3, -0.25) is 30.0 Å². The number of hydrogen-bond acceptors (Lipinski definition) is 5. The highest BCUT2D eigenvalue weighted by atomic mass is 19.1. The van der Waals surface area contributed by atoms with E-state index in [4.69, 9.17) is 4.98 Å². The van der Waals surface area contributed by atoms with Crippen LogP contribution >= 0.6 is 0 Å². The Morgan fingerprint density at radius 3 is 1.89 bits per heavy atom. The summed E-state index contributed by atoms with van der Waals surface area (Å²) in [4.78, 5) is 45.3. The van der Waals surface area contributed by atoms with E-state index in [9.17, 15) is 18.8 Å². The second-order valence-electron chi connectivity index (χ2n) is 24.3. The zero-order valence-electron chi connectivity index (χ0n) is 56.6. The molecule has 4 heterocycles. The number of carbonyl (C=O) groups excluding carboxylic acids is 3. The first kappa shape index (κ1) is 77.0. The average Bonchev–Trinajstić information content (AvgIpc) is 4.33. The number of fused-ring (bicyclic) bond motifs is 1. The third-order valence-corrected chi connectivity index (χ3v) is 16.2. The van der Waals surface area contributed by atoms with Gasteiger partial charge in [-0.25, -0.2) is 13.9 Å². The summed E-state index contributed by atoms with van der Waals surface area (Å²) in [7, 11) is 4.01. The molecule has 2 aliphatic heterocycles. The smallest absolute Gasteiger partial charge is 0.258 e. The van der Waals surface area contributed by atoms with E-state index in [0.29, 0.717) is 30.3 Å². The van der Waals surface area contributed by atoms with Gasteiger partial charge in [0.05, 0.1) is 28.2 Å². The molecule has 3 aliphatic rings. The number of aryl methyl sites for hydroxylation is 3. The third kappa shape index (κ3) is 30.5. The number of unbranched alkanes of at least 4 members (excludes halogenated alkanes) is 2. The maximum atomic E-state index is 13.4. The molecule has 464 valence electrons. The molecule has 3 aromatic rings. The highest BCUT2D eigenvalue weighted by Gasteiger charge is 2.28. The number of anilines is 1. The van der Waals surface area contributed by atoms with Crippen LogP contribution < -0.4 is 10.6 Å². The first-order chi connectivity index (χ1) is 38.8. The van der Waals surface area contributed by atoms with Crippen molar-refractivity contribution in [3.05, 3.63) is 93.4 Å². The minimum Gasteiger partial charge on any atom is -0.313 e. The van der Waals surface area contributed by atoms with Crippen LogP contribution in [0.15, 0.2) is 70.9 Å². The molecule has 2 aromatic heterocycles. The number of nitrogens with zero attached hydrogens (tertiary/aromatic N) is 4. The predicted molar refractivity (Wildman–Crippen MR) is 355 cm³/mol. The number of nitrogens with one attached hydrogen (secondary N) is 2. The van der Waals surface area contributed by atoms with Crippen molar-refractivity contribution >= 4 is 46.0 Å². The Hall–Kier alpha value is -4.99. The molecule has 1 aromatic carbocycles. The van der Waals surface area contributed by atoms with E-state index in [0.717, 1.165) is 89.6 Å². The molecular weight excluding hydrogens is 1020 g/mol. The van der Waals surface area contributed by atoms with Gasteiger partial charge in [-0.05, 0) is 127 Å². The molecule has 5 atom stereocenters. The zero-order valence-corrected chi connectivity index (χ0v) is 56.6.